The Bertz CT molecular complexity index is 1310. The summed E-state index contributed by atoms with van der Waals surface area (Å²) >= 11 is 0. The van der Waals surface area contributed by atoms with E-state index in [1.807, 2.05) is 42.5 Å². The molecule has 0 unspecified atom stereocenters. The predicted molar refractivity (Wildman–Crippen MR) is 114 cm³/mol. The smallest absolute Gasteiger partial charge is 0.215 e. The Labute approximate surface area is 172 Å². The molecule has 0 saturated carbocycles. The molecular weight excluding hydrogens is 380 g/mol. The number of fused-ring (bicyclic) bond motifs is 2. The van der Waals surface area contributed by atoms with Crippen LogP contribution in [0, 0.1) is 0 Å². The zero-order valence-corrected chi connectivity index (χ0v) is 16.6. The van der Waals surface area contributed by atoms with Crippen LogP contribution < -0.4 is 10.1 Å². The van der Waals surface area contributed by atoms with Crippen molar-refractivity contribution in [1.82, 2.24) is 34.5 Å². The van der Waals surface area contributed by atoms with Gasteiger partial charge < -0.3 is 15.0 Å². The van der Waals surface area contributed by atoms with Gasteiger partial charge in [0.2, 0.25) is 5.88 Å². The number of methoxy groups -OCH3 is 1. The Morgan fingerprint density at radius 3 is 2.73 bits per heavy atom. The largest absolute Gasteiger partial charge is 0.481 e. The molecule has 2 N–H and O–H groups in total. The molecule has 5 rings (SSSR count). The number of aromatic nitrogens is 7. The van der Waals surface area contributed by atoms with E-state index in [9.17, 15) is 0 Å². The number of H-pyrrole nitrogens is 1. The Morgan fingerprint density at radius 1 is 1.07 bits per heavy atom. The minimum atomic E-state index is -0.125. The number of anilines is 1. The predicted octanol–water partition coefficient (Wildman–Crippen LogP) is 3.66. The standard InChI is InChI=1S/C21H20N8O/c1-3-14(26-19-17-18(23-11-22-17)24-12-25-19)20-27-15-9-10-16(30-2)28-21(15)29(20)13-7-5-4-6-8-13/h4-12,14H,3H2,1-2H3,(H2,22,23,24,25,26)/t14-/m0/s1. The fourth-order valence-electron chi connectivity index (χ4n) is 3.52. The number of nitrogens with one attached hydrogen (secondary N) is 2. The van der Waals surface area contributed by atoms with E-state index < -0.39 is 0 Å². The van der Waals surface area contributed by atoms with Crippen LogP contribution in [0.25, 0.3) is 28.0 Å². The Morgan fingerprint density at radius 2 is 1.93 bits per heavy atom. The first-order valence-corrected chi connectivity index (χ1v) is 9.68. The molecule has 0 radical (unpaired) electrons. The molecule has 0 spiro atoms. The van der Waals surface area contributed by atoms with E-state index in [1.54, 1.807) is 13.4 Å². The number of ether oxygens (including phenoxy) is 1. The Kier molecular flexibility index (Phi) is 4.47. The zero-order chi connectivity index (χ0) is 20.5. The molecule has 0 bridgehead atoms. The maximum Gasteiger partial charge on any atom is 0.215 e. The van der Waals surface area contributed by atoms with E-state index in [0.29, 0.717) is 22.9 Å². The van der Waals surface area contributed by atoms with E-state index in [4.69, 9.17) is 9.72 Å². The monoisotopic (exact) mass is 400 g/mol. The number of para-hydroxylation sites is 1. The van der Waals surface area contributed by atoms with Gasteiger partial charge in [0, 0.05) is 11.8 Å². The lowest BCUT2D eigenvalue weighted by Gasteiger charge is -2.19. The van der Waals surface area contributed by atoms with Gasteiger partial charge in [0.15, 0.2) is 17.1 Å². The molecule has 1 atom stereocenters. The molecule has 9 heteroatoms. The highest BCUT2D eigenvalue weighted by Crippen LogP contribution is 2.30. The van der Waals surface area contributed by atoms with Crippen molar-refractivity contribution in [2.24, 2.45) is 0 Å². The van der Waals surface area contributed by atoms with Gasteiger partial charge in [0.1, 0.15) is 23.2 Å². The molecule has 5 aromatic rings. The van der Waals surface area contributed by atoms with Gasteiger partial charge >= 0.3 is 0 Å². The summed E-state index contributed by atoms with van der Waals surface area (Å²) in [6, 6.07) is 13.7. The second-order valence-corrected chi connectivity index (χ2v) is 6.76. The number of nitrogens with zero attached hydrogens (tertiary/aromatic N) is 6. The van der Waals surface area contributed by atoms with E-state index in [1.165, 1.54) is 6.33 Å². The quantitative estimate of drug-likeness (QED) is 0.448. The van der Waals surface area contributed by atoms with E-state index >= 15 is 0 Å². The first-order valence-electron chi connectivity index (χ1n) is 9.68. The number of imidazole rings is 2. The van der Waals surface area contributed by atoms with Crippen molar-refractivity contribution in [3.63, 3.8) is 0 Å². The van der Waals surface area contributed by atoms with Crippen LogP contribution in [0.15, 0.2) is 55.1 Å². The summed E-state index contributed by atoms with van der Waals surface area (Å²) in [4.78, 5) is 25.5. The van der Waals surface area contributed by atoms with Crippen molar-refractivity contribution in [1.29, 1.82) is 0 Å². The van der Waals surface area contributed by atoms with Crippen molar-refractivity contribution in [2.45, 2.75) is 19.4 Å². The lowest BCUT2D eigenvalue weighted by Crippen LogP contribution is -2.16. The fourth-order valence-corrected chi connectivity index (χ4v) is 3.52. The SMILES string of the molecule is CC[C@H](Nc1ncnc2[nH]cnc12)c1nc2ccc(OC)nc2n1-c1ccccc1. The number of pyridine rings is 1. The summed E-state index contributed by atoms with van der Waals surface area (Å²) < 4.78 is 7.41. The highest BCUT2D eigenvalue weighted by molar-refractivity contribution is 5.82. The van der Waals surface area contributed by atoms with Gasteiger partial charge in [0.05, 0.1) is 19.5 Å². The van der Waals surface area contributed by atoms with Crippen LogP contribution in [0.3, 0.4) is 0 Å². The first-order chi connectivity index (χ1) is 14.8. The second-order valence-electron chi connectivity index (χ2n) is 6.76. The van der Waals surface area contributed by atoms with Crippen LogP contribution >= 0.6 is 0 Å². The summed E-state index contributed by atoms with van der Waals surface area (Å²) in [7, 11) is 1.61. The molecule has 30 heavy (non-hydrogen) atoms. The normalized spacial score (nSPS) is 12.3. The number of aromatic amines is 1. The Balaban J connectivity index is 1.67. The molecule has 9 nitrogen and oxygen atoms in total. The van der Waals surface area contributed by atoms with Gasteiger partial charge in [0.25, 0.3) is 0 Å². The summed E-state index contributed by atoms with van der Waals surface area (Å²) in [5.74, 6) is 2.04. The molecule has 0 fully saturated rings. The average Bonchev–Trinajstić information content (AvgIpc) is 3.42. The maximum atomic E-state index is 5.35. The van der Waals surface area contributed by atoms with E-state index in [-0.39, 0.29) is 6.04 Å². The van der Waals surface area contributed by atoms with Gasteiger partial charge in [-0.1, -0.05) is 25.1 Å². The lowest BCUT2D eigenvalue weighted by atomic mass is 10.2. The van der Waals surface area contributed by atoms with Crippen molar-refractivity contribution in [2.75, 3.05) is 12.4 Å². The second kappa shape index (κ2) is 7.43. The summed E-state index contributed by atoms with van der Waals surface area (Å²) in [6.07, 6.45) is 3.91. The van der Waals surface area contributed by atoms with Crippen molar-refractivity contribution in [3.8, 4) is 11.6 Å². The number of hydrogen-bond donors (Lipinski definition) is 2. The average molecular weight is 400 g/mol. The third kappa shape index (κ3) is 3.00. The van der Waals surface area contributed by atoms with Crippen LogP contribution in [0.2, 0.25) is 0 Å². The van der Waals surface area contributed by atoms with Crippen LogP contribution in [-0.2, 0) is 0 Å². The van der Waals surface area contributed by atoms with Crippen molar-refractivity contribution in [3.05, 3.63) is 60.9 Å². The lowest BCUT2D eigenvalue weighted by molar-refractivity contribution is 0.399. The molecular formula is C21H20N8O. The summed E-state index contributed by atoms with van der Waals surface area (Å²) in [6.45, 7) is 2.10. The van der Waals surface area contributed by atoms with E-state index in [0.717, 1.165) is 29.1 Å². The van der Waals surface area contributed by atoms with Gasteiger partial charge in [-0.05, 0) is 24.6 Å². The minimum Gasteiger partial charge on any atom is -0.481 e. The van der Waals surface area contributed by atoms with Gasteiger partial charge in [-0.2, -0.15) is 4.98 Å². The molecule has 0 aliphatic carbocycles. The molecule has 1 aromatic carbocycles. The van der Waals surface area contributed by atoms with Gasteiger partial charge in [-0.3, -0.25) is 4.57 Å². The third-order valence-corrected chi connectivity index (χ3v) is 4.98. The molecule has 0 aliphatic rings. The highest BCUT2D eigenvalue weighted by Gasteiger charge is 2.23. The topological polar surface area (TPSA) is 106 Å². The number of hydrogen-bond acceptors (Lipinski definition) is 7. The van der Waals surface area contributed by atoms with Crippen LogP contribution in [-0.4, -0.2) is 41.6 Å². The van der Waals surface area contributed by atoms with Gasteiger partial charge in [-0.25, -0.2) is 19.9 Å². The number of benzene rings is 1. The Hall–Kier alpha value is -4.01. The molecule has 4 heterocycles. The molecule has 0 saturated heterocycles. The van der Waals surface area contributed by atoms with Crippen molar-refractivity contribution < 1.29 is 4.74 Å². The zero-order valence-electron chi connectivity index (χ0n) is 16.6. The summed E-state index contributed by atoms with van der Waals surface area (Å²) in [5, 5.41) is 3.50. The van der Waals surface area contributed by atoms with Crippen LogP contribution in [0.4, 0.5) is 5.82 Å². The van der Waals surface area contributed by atoms with E-state index in [2.05, 4.69) is 41.7 Å². The molecule has 0 aliphatic heterocycles. The third-order valence-electron chi connectivity index (χ3n) is 4.98. The van der Waals surface area contributed by atoms with Gasteiger partial charge in [-0.15, -0.1) is 0 Å². The first kappa shape index (κ1) is 18.0. The minimum absolute atomic E-state index is 0.125. The molecule has 150 valence electrons. The fraction of sp³-hybridized carbons (Fsp3) is 0.190. The number of rotatable bonds is 6. The highest BCUT2D eigenvalue weighted by atomic mass is 16.5. The maximum absolute atomic E-state index is 5.35. The van der Waals surface area contributed by atoms with Crippen molar-refractivity contribution >= 4 is 28.1 Å². The summed E-state index contributed by atoms with van der Waals surface area (Å²) in [5.41, 5.74) is 3.89. The van der Waals surface area contributed by atoms with Crippen LogP contribution in [0.5, 0.6) is 5.88 Å². The van der Waals surface area contributed by atoms with Crippen LogP contribution in [0.1, 0.15) is 25.2 Å². The molecule has 4 aromatic heterocycles. The molecule has 0 amide bonds.